The van der Waals surface area contributed by atoms with Gasteiger partial charge in [0.25, 0.3) is 5.91 Å². The summed E-state index contributed by atoms with van der Waals surface area (Å²) >= 11 is 0. The Labute approximate surface area is 146 Å². The van der Waals surface area contributed by atoms with E-state index in [-0.39, 0.29) is 11.9 Å². The number of aromatic nitrogens is 4. The molecule has 1 amide bonds. The van der Waals surface area contributed by atoms with Crippen molar-refractivity contribution in [3.05, 3.63) is 53.7 Å². The molecule has 6 nitrogen and oxygen atoms in total. The van der Waals surface area contributed by atoms with Gasteiger partial charge in [-0.25, -0.2) is 4.98 Å². The summed E-state index contributed by atoms with van der Waals surface area (Å²) in [6, 6.07) is 5.75. The maximum absolute atomic E-state index is 12.2. The van der Waals surface area contributed by atoms with Crippen LogP contribution in [0, 0.1) is 13.8 Å². The lowest BCUT2D eigenvalue weighted by Gasteiger charge is -2.09. The lowest BCUT2D eigenvalue weighted by molar-refractivity contribution is 0.0943. The summed E-state index contributed by atoms with van der Waals surface area (Å²) in [5.74, 6) is 0.606. The van der Waals surface area contributed by atoms with E-state index in [0.717, 1.165) is 34.0 Å². The van der Waals surface area contributed by atoms with Crippen LogP contribution in [-0.4, -0.2) is 31.9 Å². The number of H-pyrrole nitrogens is 1. The molecule has 0 aromatic carbocycles. The highest BCUT2D eigenvalue weighted by Crippen LogP contribution is 2.24. The number of carbonyl (C=O) groups is 1. The third-order valence-corrected chi connectivity index (χ3v) is 3.88. The standard InChI is InChI=1S/C19H21N5O/c1-11(2)22-19(25)16-7-15(9-20-10-16)14-5-6-21-17(8-14)18-23-12(3)13(4)24-18/h5-11H,1-4H3,(H,22,25)(H,23,24). The molecular weight excluding hydrogens is 314 g/mol. The van der Waals surface area contributed by atoms with Gasteiger partial charge in [0.2, 0.25) is 0 Å². The van der Waals surface area contributed by atoms with Gasteiger partial charge in [-0.15, -0.1) is 0 Å². The smallest absolute Gasteiger partial charge is 0.253 e. The van der Waals surface area contributed by atoms with E-state index in [1.54, 1.807) is 18.6 Å². The minimum atomic E-state index is -0.129. The van der Waals surface area contributed by atoms with Crippen molar-refractivity contribution in [2.45, 2.75) is 33.7 Å². The topological polar surface area (TPSA) is 83.6 Å². The number of amides is 1. The second-order valence-corrected chi connectivity index (χ2v) is 6.32. The number of imidazole rings is 1. The predicted molar refractivity (Wildman–Crippen MR) is 97.1 cm³/mol. The normalized spacial score (nSPS) is 10.9. The van der Waals surface area contributed by atoms with Crippen LogP contribution in [0.4, 0.5) is 0 Å². The fourth-order valence-corrected chi connectivity index (χ4v) is 2.48. The third kappa shape index (κ3) is 3.74. The Morgan fingerprint density at radius 2 is 1.96 bits per heavy atom. The number of aryl methyl sites for hydroxylation is 2. The van der Waals surface area contributed by atoms with E-state index < -0.39 is 0 Å². The summed E-state index contributed by atoms with van der Waals surface area (Å²) in [5, 5.41) is 2.88. The molecular formula is C19H21N5O. The first-order valence-corrected chi connectivity index (χ1v) is 8.20. The van der Waals surface area contributed by atoms with E-state index in [1.807, 2.05) is 45.9 Å². The summed E-state index contributed by atoms with van der Waals surface area (Å²) in [6.07, 6.45) is 5.05. The number of carbonyl (C=O) groups excluding carboxylic acids is 1. The summed E-state index contributed by atoms with van der Waals surface area (Å²) < 4.78 is 0. The summed E-state index contributed by atoms with van der Waals surface area (Å²) in [4.78, 5) is 28.5. The molecule has 3 aromatic rings. The van der Waals surface area contributed by atoms with Gasteiger partial charge in [-0.2, -0.15) is 0 Å². The predicted octanol–water partition coefficient (Wildman–Crippen LogP) is 3.29. The molecule has 2 N–H and O–H groups in total. The summed E-state index contributed by atoms with van der Waals surface area (Å²) in [5.41, 5.74) is 5.07. The first-order valence-electron chi connectivity index (χ1n) is 8.20. The molecule has 25 heavy (non-hydrogen) atoms. The van der Waals surface area contributed by atoms with Gasteiger partial charge in [-0.3, -0.25) is 14.8 Å². The second kappa shape index (κ2) is 6.84. The molecule has 0 saturated heterocycles. The monoisotopic (exact) mass is 335 g/mol. The Balaban J connectivity index is 1.95. The number of nitrogens with one attached hydrogen (secondary N) is 2. The molecule has 0 aliphatic heterocycles. The molecule has 0 aliphatic rings. The minimum absolute atomic E-state index is 0.0779. The largest absolute Gasteiger partial charge is 0.350 e. The van der Waals surface area contributed by atoms with Crippen LogP contribution < -0.4 is 5.32 Å². The fourth-order valence-electron chi connectivity index (χ4n) is 2.48. The average Bonchev–Trinajstić information content (AvgIpc) is 2.94. The number of pyridine rings is 2. The number of aromatic amines is 1. The van der Waals surface area contributed by atoms with Crippen molar-refractivity contribution in [2.24, 2.45) is 0 Å². The minimum Gasteiger partial charge on any atom is -0.350 e. The molecule has 3 heterocycles. The first-order chi connectivity index (χ1) is 11.9. The van der Waals surface area contributed by atoms with Crippen molar-refractivity contribution < 1.29 is 4.79 Å². The molecule has 0 fully saturated rings. The van der Waals surface area contributed by atoms with Crippen LogP contribution in [0.15, 0.2) is 36.8 Å². The average molecular weight is 335 g/mol. The molecule has 0 spiro atoms. The Hall–Kier alpha value is -3.02. The highest BCUT2D eigenvalue weighted by atomic mass is 16.1. The third-order valence-electron chi connectivity index (χ3n) is 3.88. The van der Waals surface area contributed by atoms with Crippen molar-refractivity contribution in [3.8, 4) is 22.6 Å². The van der Waals surface area contributed by atoms with E-state index in [9.17, 15) is 4.79 Å². The van der Waals surface area contributed by atoms with Crippen LogP contribution in [0.25, 0.3) is 22.6 Å². The van der Waals surface area contributed by atoms with Gasteiger partial charge in [-0.1, -0.05) is 0 Å². The Morgan fingerprint density at radius 3 is 2.64 bits per heavy atom. The number of nitrogens with zero attached hydrogens (tertiary/aromatic N) is 3. The zero-order chi connectivity index (χ0) is 18.0. The lowest BCUT2D eigenvalue weighted by Crippen LogP contribution is -2.30. The van der Waals surface area contributed by atoms with Crippen LogP contribution in [0.1, 0.15) is 35.6 Å². The van der Waals surface area contributed by atoms with E-state index in [1.165, 1.54) is 0 Å². The van der Waals surface area contributed by atoms with Crippen molar-refractivity contribution in [3.63, 3.8) is 0 Å². The van der Waals surface area contributed by atoms with Gasteiger partial charge in [0.1, 0.15) is 5.69 Å². The Bertz CT molecular complexity index is 894. The van der Waals surface area contributed by atoms with Crippen LogP contribution >= 0.6 is 0 Å². The van der Waals surface area contributed by atoms with Crippen molar-refractivity contribution >= 4 is 5.91 Å². The van der Waals surface area contributed by atoms with Gasteiger partial charge in [0.05, 0.1) is 11.3 Å². The molecule has 0 unspecified atom stereocenters. The summed E-state index contributed by atoms with van der Waals surface area (Å²) in [6.45, 7) is 7.80. The van der Waals surface area contributed by atoms with E-state index in [0.29, 0.717) is 5.56 Å². The molecule has 0 aliphatic carbocycles. The highest BCUT2D eigenvalue weighted by molar-refractivity contribution is 5.95. The molecule has 3 rings (SSSR count). The number of rotatable bonds is 4. The van der Waals surface area contributed by atoms with Gasteiger partial charge >= 0.3 is 0 Å². The number of hydrogen-bond acceptors (Lipinski definition) is 4. The molecule has 0 saturated carbocycles. The van der Waals surface area contributed by atoms with Crippen molar-refractivity contribution in [1.82, 2.24) is 25.3 Å². The molecule has 0 bridgehead atoms. The Kier molecular flexibility index (Phi) is 4.61. The van der Waals surface area contributed by atoms with Crippen LogP contribution in [0.5, 0.6) is 0 Å². The SMILES string of the molecule is Cc1nc(-c2cc(-c3cncc(C(=O)NC(C)C)c3)ccn2)[nH]c1C. The van der Waals surface area contributed by atoms with Crippen molar-refractivity contribution in [1.29, 1.82) is 0 Å². The lowest BCUT2D eigenvalue weighted by atomic mass is 10.1. The van der Waals surface area contributed by atoms with Gasteiger partial charge in [-0.05, 0) is 51.5 Å². The highest BCUT2D eigenvalue weighted by Gasteiger charge is 2.11. The number of hydrogen-bond donors (Lipinski definition) is 2. The molecule has 0 atom stereocenters. The van der Waals surface area contributed by atoms with Crippen LogP contribution in [0.2, 0.25) is 0 Å². The summed E-state index contributed by atoms with van der Waals surface area (Å²) in [7, 11) is 0. The molecule has 3 aromatic heterocycles. The first kappa shape index (κ1) is 16.8. The van der Waals surface area contributed by atoms with E-state index in [2.05, 4.69) is 25.3 Å². The zero-order valence-corrected chi connectivity index (χ0v) is 14.8. The van der Waals surface area contributed by atoms with Crippen LogP contribution in [0.3, 0.4) is 0 Å². The Morgan fingerprint density at radius 1 is 1.16 bits per heavy atom. The van der Waals surface area contributed by atoms with E-state index >= 15 is 0 Å². The maximum atomic E-state index is 12.2. The quantitative estimate of drug-likeness (QED) is 0.766. The van der Waals surface area contributed by atoms with Gasteiger partial charge < -0.3 is 10.3 Å². The van der Waals surface area contributed by atoms with Gasteiger partial charge in [0.15, 0.2) is 5.82 Å². The van der Waals surface area contributed by atoms with Crippen LogP contribution in [-0.2, 0) is 0 Å². The molecule has 6 heteroatoms. The molecule has 128 valence electrons. The zero-order valence-electron chi connectivity index (χ0n) is 14.8. The molecule has 0 radical (unpaired) electrons. The maximum Gasteiger partial charge on any atom is 0.253 e. The van der Waals surface area contributed by atoms with E-state index in [4.69, 9.17) is 0 Å². The van der Waals surface area contributed by atoms with Crippen molar-refractivity contribution in [2.75, 3.05) is 0 Å². The van der Waals surface area contributed by atoms with Gasteiger partial charge in [0, 0.05) is 35.9 Å². The fraction of sp³-hybridized carbons (Fsp3) is 0.263. The second-order valence-electron chi connectivity index (χ2n) is 6.32.